The van der Waals surface area contributed by atoms with Crippen LogP contribution in [-0.4, -0.2) is 85.8 Å². The molecule has 1 aliphatic heterocycles. The number of hydrogen-bond donors (Lipinski definition) is 2. The highest BCUT2D eigenvalue weighted by molar-refractivity contribution is 7.21. The number of halogens is 3. The monoisotopic (exact) mass is 760 g/mol. The second-order valence-corrected chi connectivity index (χ2v) is 12.6. The first-order valence-corrected chi connectivity index (χ1v) is 18.2. The number of alkyl halides is 3. The number of nitrogens with one attached hydrogen (secondary N) is 1. The Morgan fingerprint density at radius 1 is 1.19 bits per heavy atom. The number of amides is 2. The number of carbonyl (C=O) groups excluding carboxylic acids is 2. The minimum Gasteiger partial charge on any atom is -0.504 e. The van der Waals surface area contributed by atoms with Crippen LogP contribution < -0.4 is 20.4 Å². The van der Waals surface area contributed by atoms with Gasteiger partial charge >= 0.3 is 6.18 Å². The number of rotatable bonds is 11. The molecule has 0 bridgehead atoms. The molecule has 53 heavy (non-hydrogen) atoms. The van der Waals surface area contributed by atoms with Gasteiger partial charge in [-0.15, -0.1) is 0 Å². The zero-order chi connectivity index (χ0) is 39.5. The fourth-order valence-electron chi connectivity index (χ4n) is 5.81. The summed E-state index contributed by atoms with van der Waals surface area (Å²) in [6.45, 7) is 17.0. The van der Waals surface area contributed by atoms with Crippen LogP contribution in [0.2, 0.25) is 0 Å². The Labute approximate surface area is 310 Å². The van der Waals surface area contributed by atoms with Crippen molar-refractivity contribution >= 4 is 39.7 Å². The van der Waals surface area contributed by atoms with Gasteiger partial charge in [-0.05, 0) is 39.2 Å². The van der Waals surface area contributed by atoms with Crippen molar-refractivity contribution in [3.8, 4) is 22.2 Å². The second kappa shape index (κ2) is 19.1. The molecule has 13 nitrogen and oxygen atoms in total. The van der Waals surface area contributed by atoms with Crippen molar-refractivity contribution in [1.29, 1.82) is 0 Å². The smallest absolute Gasteiger partial charge is 0.389 e. The van der Waals surface area contributed by atoms with Gasteiger partial charge < -0.3 is 29.5 Å². The van der Waals surface area contributed by atoms with Crippen LogP contribution in [0.5, 0.6) is 11.6 Å². The van der Waals surface area contributed by atoms with E-state index in [2.05, 4.69) is 51.8 Å². The Bertz CT molecular complexity index is 1950. The Morgan fingerprint density at radius 2 is 1.91 bits per heavy atom. The third-order valence-corrected chi connectivity index (χ3v) is 9.56. The van der Waals surface area contributed by atoms with Gasteiger partial charge in [0.05, 0.1) is 12.8 Å². The predicted molar refractivity (Wildman–Crippen MR) is 199 cm³/mol. The van der Waals surface area contributed by atoms with Crippen molar-refractivity contribution in [2.75, 3.05) is 31.6 Å². The lowest BCUT2D eigenvalue weighted by molar-refractivity contribution is -0.134. The van der Waals surface area contributed by atoms with E-state index in [0.29, 0.717) is 61.8 Å². The second-order valence-electron chi connectivity index (χ2n) is 11.6. The molecule has 1 saturated heterocycles. The van der Waals surface area contributed by atoms with Crippen LogP contribution in [0.1, 0.15) is 75.8 Å². The number of aryl methyl sites for hydroxylation is 2. The molecular weight excluding hydrogens is 714 g/mol. The van der Waals surface area contributed by atoms with Gasteiger partial charge in [-0.1, -0.05) is 45.6 Å². The molecule has 0 radical (unpaired) electrons. The quantitative estimate of drug-likeness (QED) is 0.167. The average molecular weight is 761 g/mol. The number of piperazine rings is 1. The molecule has 2 amide bonds. The lowest BCUT2D eigenvalue weighted by atomic mass is 10.0. The number of pyridine rings is 2. The lowest BCUT2D eigenvalue weighted by Crippen LogP contribution is -2.56. The maximum Gasteiger partial charge on any atom is 0.389 e. The molecule has 17 heteroatoms. The summed E-state index contributed by atoms with van der Waals surface area (Å²) < 4.78 is 42.0. The molecule has 1 aliphatic rings. The molecule has 5 heterocycles. The molecule has 1 atom stereocenters. The molecule has 0 aromatic carbocycles. The molecule has 0 spiro atoms. The molecule has 0 saturated carbocycles. The van der Waals surface area contributed by atoms with E-state index < -0.39 is 12.6 Å². The number of aromatic nitrogens is 5. The van der Waals surface area contributed by atoms with Crippen LogP contribution >= 0.6 is 11.3 Å². The third-order valence-electron chi connectivity index (χ3n) is 8.44. The number of carbonyl (C=O) groups is 2. The first kappa shape index (κ1) is 42.4. The summed E-state index contributed by atoms with van der Waals surface area (Å²) in [5.41, 5.74) is 3.25. The summed E-state index contributed by atoms with van der Waals surface area (Å²) in [7, 11) is 1.57. The summed E-state index contributed by atoms with van der Waals surface area (Å²) in [6, 6.07) is 3.59. The van der Waals surface area contributed by atoms with Crippen molar-refractivity contribution in [3.05, 3.63) is 64.2 Å². The number of hydrogen-bond acceptors (Lipinski definition) is 11. The summed E-state index contributed by atoms with van der Waals surface area (Å²) in [4.78, 5) is 58.8. The van der Waals surface area contributed by atoms with Gasteiger partial charge in [-0.25, -0.2) is 19.9 Å². The third kappa shape index (κ3) is 10.1. The average Bonchev–Trinajstić information content (AvgIpc) is 3.61. The molecule has 0 aliphatic carbocycles. The highest BCUT2D eigenvalue weighted by atomic mass is 32.1. The Kier molecular flexibility index (Phi) is 15.3. The van der Waals surface area contributed by atoms with Crippen LogP contribution in [0.25, 0.3) is 20.9 Å². The van der Waals surface area contributed by atoms with E-state index in [9.17, 15) is 32.7 Å². The van der Waals surface area contributed by atoms with Crippen molar-refractivity contribution in [3.63, 3.8) is 0 Å². The van der Waals surface area contributed by atoms with Gasteiger partial charge in [0.15, 0.2) is 11.4 Å². The molecule has 5 rings (SSSR count). The first-order valence-electron chi connectivity index (χ1n) is 17.4. The first-order chi connectivity index (χ1) is 25.3. The molecule has 4 aromatic heterocycles. The summed E-state index contributed by atoms with van der Waals surface area (Å²) >= 11 is 1.49. The Hall–Kier alpha value is -5.06. The fraction of sp³-hybridized carbons (Fsp3) is 0.472. The molecule has 288 valence electrons. The Balaban J connectivity index is 0.000000501. The molecule has 1 fully saturated rings. The van der Waals surface area contributed by atoms with Gasteiger partial charge in [0.1, 0.15) is 27.4 Å². The zero-order valence-corrected chi connectivity index (χ0v) is 31.9. The maximum absolute atomic E-state index is 14.1. The molecule has 1 unspecified atom stereocenters. The summed E-state index contributed by atoms with van der Waals surface area (Å²) in [5, 5.41) is 13.2. The molecule has 2 N–H and O–H groups in total. The van der Waals surface area contributed by atoms with E-state index >= 15 is 0 Å². The van der Waals surface area contributed by atoms with Crippen LogP contribution in [0, 0.1) is 6.92 Å². The minimum absolute atomic E-state index is 0.00236. The largest absolute Gasteiger partial charge is 0.504 e. The van der Waals surface area contributed by atoms with E-state index in [1.807, 2.05) is 31.3 Å². The SMILES string of the molecule is C=C(CCC(F)(F)F)NC=O.CC.CCc1c(N2CCN(C(=O)c3ncnc(C)c3O)CC2CC)c(=O)c2nc(-c3ccnc(OC)c3)sc2n1CC. The highest BCUT2D eigenvalue weighted by Gasteiger charge is 2.34. The number of fused-ring (bicyclic) bond motifs is 1. The zero-order valence-electron chi connectivity index (χ0n) is 31.1. The number of ether oxygens (including phenoxy) is 1. The number of methoxy groups -OCH3 is 1. The Morgan fingerprint density at radius 3 is 2.51 bits per heavy atom. The van der Waals surface area contributed by atoms with Gasteiger partial charge in [-0.3, -0.25) is 14.4 Å². The van der Waals surface area contributed by atoms with Crippen molar-refractivity contribution in [1.82, 2.24) is 34.7 Å². The summed E-state index contributed by atoms with van der Waals surface area (Å²) in [6.07, 6.45) is -0.736. The standard InChI is InChI=1S/C28H33N7O4S.C6H8F3NO.C2H6/c1-6-18-14-33(27(38)21-24(36)16(4)30-15-31-21)11-12-35(18)23-19(7-2)34(8-3)28-22(25(23)37)32-26(40-28)17-9-10-29-20(13-17)39-5;1-5(10-4-11)2-3-6(7,8)9;1-2/h9-10,13,15,18,36H,6-8,11-12,14H2,1-5H3;4H,1-3H2,(H,10,11);1-2H3. The van der Waals surface area contributed by atoms with Crippen LogP contribution in [0.15, 0.2) is 41.7 Å². The fourth-order valence-corrected chi connectivity index (χ4v) is 6.96. The highest BCUT2D eigenvalue weighted by Crippen LogP contribution is 2.34. The van der Waals surface area contributed by atoms with Crippen molar-refractivity contribution in [2.45, 2.75) is 86.0 Å². The molecule has 4 aromatic rings. The topological polar surface area (TPSA) is 156 Å². The van der Waals surface area contributed by atoms with Gasteiger partial charge in [0.2, 0.25) is 17.7 Å². The number of allylic oxidation sites excluding steroid dienone is 1. The van der Waals surface area contributed by atoms with Gasteiger partial charge in [-0.2, -0.15) is 13.2 Å². The lowest BCUT2D eigenvalue weighted by Gasteiger charge is -2.43. The van der Waals surface area contributed by atoms with Crippen LogP contribution in [-0.2, 0) is 17.8 Å². The van der Waals surface area contributed by atoms with Crippen LogP contribution in [0.3, 0.4) is 0 Å². The number of thiazole rings is 1. The van der Waals surface area contributed by atoms with E-state index in [0.717, 1.165) is 27.5 Å². The predicted octanol–water partition coefficient (Wildman–Crippen LogP) is 6.27. The minimum atomic E-state index is -4.19. The number of anilines is 1. The maximum atomic E-state index is 14.1. The summed E-state index contributed by atoms with van der Waals surface area (Å²) in [5.74, 6) is -0.0464. The van der Waals surface area contributed by atoms with E-state index in [1.54, 1.807) is 25.1 Å². The van der Waals surface area contributed by atoms with Gasteiger partial charge in [0, 0.05) is 67.9 Å². The van der Waals surface area contributed by atoms with E-state index in [-0.39, 0.29) is 40.9 Å². The molecular formula is C36H47F3N8O5S. The van der Waals surface area contributed by atoms with Crippen molar-refractivity contribution in [2.24, 2.45) is 0 Å². The number of aromatic hydroxyl groups is 1. The van der Waals surface area contributed by atoms with Gasteiger partial charge in [0.25, 0.3) is 5.91 Å². The van der Waals surface area contributed by atoms with Crippen molar-refractivity contribution < 1.29 is 32.6 Å². The van der Waals surface area contributed by atoms with Crippen LogP contribution in [0.4, 0.5) is 18.9 Å². The van der Waals surface area contributed by atoms with E-state index in [1.165, 1.54) is 17.7 Å². The number of nitrogens with zero attached hydrogens (tertiary/aromatic N) is 7. The normalized spacial score (nSPS) is 14.1. The van der Waals surface area contributed by atoms with E-state index in [4.69, 9.17) is 9.72 Å².